The summed E-state index contributed by atoms with van der Waals surface area (Å²) in [5, 5.41) is 2.91. The number of carbonyl (C=O) groups excluding carboxylic acids is 2. The second-order valence-corrected chi connectivity index (χ2v) is 6.10. The summed E-state index contributed by atoms with van der Waals surface area (Å²) >= 11 is 0. The van der Waals surface area contributed by atoms with Crippen LogP contribution in [0.5, 0.6) is 0 Å². The Balaban J connectivity index is 1.72. The maximum absolute atomic E-state index is 12.6. The number of aromatic nitrogens is 1. The number of amides is 3. The smallest absolute Gasteiger partial charge is 0.322 e. The van der Waals surface area contributed by atoms with Crippen LogP contribution in [0.25, 0.3) is 0 Å². The summed E-state index contributed by atoms with van der Waals surface area (Å²) in [7, 11) is 0. The third-order valence-corrected chi connectivity index (χ3v) is 4.19. The SMILES string of the molecule is CC(C)N1C(=O)N[C@]2(CCN(Cc3cccnc3)C2)C1=O. The molecule has 1 atom stereocenters. The standard InChI is InChI=1S/C15H20N4O2/c1-11(2)19-13(20)15(17-14(19)21)5-7-18(10-15)9-12-4-3-6-16-8-12/h3-4,6,8,11H,5,7,9-10H2,1-2H3,(H,17,21)/t15-/m0/s1. The van der Waals surface area contributed by atoms with Crippen LogP contribution in [0.2, 0.25) is 0 Å². The van der Waals surface area contributed by atoms with E-state index in [2.05, 4.69) is 15.2 Å². The van der Waals surface area contributed by atoms with Crippen LogP contribution in [-0.2, 0) is 11.3 Å². The first-order chi connectivity index (χ1) is 10.0. The normalized spacial score (nSPS) is 26.1. The zero-order valence-corrected chi connectivity index (χ0v) is 12.4. The van der Waals surface area contributed by atoms with Gasteiger partial charge in [-0.3, -0.25) is 19.6 Å². The molecule has 3 heterocycles. The number of pyridine rings is 1. The molecule has 1 aromatic heterocycles. The molecule has 3 rings (SSSR count). The van der Waals surface area contributed by atoms with Crippen molar-refractivity contribution in [3.8, 4) is 0 Å². The van der Waals surface area contributed by atoms with Crippen molar-refractivity contribution in [2.45, 2.75) is 38.4 Å². The van der Waals surface area contributed by atoms with Gasteiger partial charge in [0, 0.05) is 38.1 Å². The molecule has 2 aliphatic heterocycles. The molecular formula is C15H20N4O2. The van der Waals surface area contributed by atoms with Crippen molar-refractivity contribution in [2.24, 2.45) is 0 Å². The topological polar surface area (TPSA) is 65.5 Å². The Labute approximate surface area is 124 Å². The molecule has 0 aliphatic carbocycles. The fourth-order valence-corrected chi connectivity index (χ4v) is 3.16. The second kappa shape index (κ2) is 5.11. The van der Waals surface area contributed by atoms with Crippen LogP contribution >= 0.6 is 0 Å². The number of urea groups is 1. The van der Waals surface area contributed by atoms with E-state index in [4.69, 9.17) is 0 Å². The minimum absolute atomic E-state index is 0.0869. The van der Waals surface area contributed by atoms with Crippen LogP contribution in [0.1, 0.15) is 25.8 Å². The van der Waals surface area contributed by atoms with E-state index >= 15 is 0 Å². The molecule has 2 aliphatic rings. The highest BCUT2D eigenvalue weighted by atomic mass is 16.2. The lowest BCUT2D eigenvalue weighted by molar-refractivity contribution is -0.132. The van der Waals surface area contributed by atoms with E-state index in [9.17, 15) is 9.59 Å². The van der Waals surface area contributed by atoms with Crippen LogP contribution in [0.4, 0.5) is 4.79 Å². The number of likely N-dealkylation sites (tertiary alicyclic amines) is 1. The Bertz CT molecular complexity index is 560. The lowest BCUT2D eigenvalue weighted by atomic mass is 9.98. The van der Waals surface area contributed by atoms with Crippen molar-refractivity contribution in [1.82, 2.24) is 20.1 Å². The van der Waals surface area contributed by atoms with Gasteiger partial charge in [-0.15, -0.1) is 0 Å². The zero-order chi connectivity index (χ0) is 15.0. The molecule has 2 fully saturated rings. The molecule has 112 valence electrons. The molecule has 1 spiro atoms. The van der Waals surface area contributed by atoms with Crippen LogP contribution in [0, 0.1) is 0 Å². The monoisotopic (exact) mass is 288 g/mol. The highest BCUT2D eigenvalue weighted by molar-refractivity contribution is 6.07. The van der Waals surface area contributed by atoms with E-state index in [1.807, 2.05) is 32.2 Å². The summed E-state index contributed by atoms with van der Waals surface area (Å²) in [6.07, 6.45) is 4.25. The average Bonchev–Trinajstić information content (AvgIpc) is 2.93. The molecular weight excluding hydrogens is 268 g/mol. The summed E-state index contributed by atoms with van der Waals surface area (Å²) in [5.41, 5.74) is 0.385. The van der Waals surface area contributed by atoms with Crippen LogP contribution in [0.15, 0.2) is 24.5 Å². The van der Waals surface area contributed by atoms with Gasteiger partial charge in [-0.05, 0) is 31.9 Å². The Morgan fingerprint density at radius 1 is 1.43 bits per heavy atom. The molecule has 0 unspecified atom stereocenters. The van der Waals surface area contributed by atoms with Crippen LogP contribution in [0.3, 0.4) is 0 Å². The van der Waals surface area contributed by atoms with Gasteiger partial charge in [0.2, 0.25) is 0 Å². The second-order valence-electron chi connectivity index (χ2n) is 6.10. The van der Waals surface area contributed by atoms with E-state index in [1.54, 1.807) is 6.20 Å². The van der Waals surface area contributed by atoms with Gasteiger partial charge in [0.05, 0.1) is 0 Å². The molecule has 6 nitrogen and oxygen atoms in total. The molecule has 2 saturated heterocycles. The highest BCUT2D eigenvalue weighted by Gasteiger charge is 2.55. The fraction of sp³-hybridized carbons (Fsp3) is 0.533. The molecule has 0 radical (unpaired) electrons. The molecule has 0 saturated carbocycles. The van der Waals surface area contributed by atoms with E-state index < -0.39 is 5.54 Å². The number of hydrogen-bond acceptors (Lipinski definition) is 4. The van der Waals surface area contributed by atoms with Crippen molar-refractivity contribution in [2.75, 3.05) is 13.1 Å². The highest BCUT2D eigenvalue weighted by Crippen LogP contribution is 2.30. The first-order valence-electron chi connectivity index (χ1n) is 7.29. The molecule has 0 bridgehead atoms. The number of hydrogen-bond donors (Lipinski definition) is 1. The minimum Gasteiger partial charge on any atom is -0.322 e. The van der Waals surface area contributed by atoms with Gasteiger partial charge in [-0.1, -0.05) is 6.07 Å². The van der Waals surface area contributed by atoms with Crippen molar-refractivity contribution in [3.63, 3.8) is 0 Å². The zero-order valence-electron chi connectivity index (χ0n) is 12.4. The Kier molecular flexibility index (Phi) is 3.41. The first kappa shape index (κ1) is 14.0. The predicted molar refractivity (Wildman–Crippen MR) is 77.4 cm³/mol. The Morgan fingerprint density at radius 3 is 2.86 bits per heavy atom. The van der Waals surface area contributed by atoms with E-state index in [0.29, 0.717) is 13.0 Å². The predicted octanol–water partition coefficient (Wildman–Crippen LogP) is 0.986. The summed E-state index contributed by atoms with van der Waals surface area (Å²) < 4.78 is 0. The largest absolute Gasteiger partial charge is 0.325 e. The Morgan fingerprint density at radius 2 is 2.24 bits per heavy atom. The fourth-order valence-electron chi connectivity index (χ4n) is 3.16. The van der Waals surface area contributed by atoms with Crippen molar-refractivity contribution < 1.29 is 9.59 Å². The first-order valence-corrected chi connectivity index (χ1v) is 7.29. The molecule has 6 heteroatoms. The van der Waals surface area contributed by atoms with Gasteiger partial charge in [0.25, 0.3) is 5.91 Å². The van der Waals surface area contributed by atoms with Crippen LogP contribution < -0.4 is 5.32 Å². The van der Waals surface area contributed by atoms with Gasteiger partial charge in [-0.25, -0.2) is 4.79 Å². The molecule has 3 amide bonds. The number of imide groups is 1. The lowest BCUT2D eigenvalue weighted by Gasteiger charge is -2.23. The number of carbonyl (C=O) groups is 2. The quantitative estimate of drug-likeness (QED) is 0.842. The maximum Gasteiger partial charge on any atom is 0.325 e. The van der Waals surface area contributed by atoms with Crippen molar-refractivity contribution >= 4 is 11.9 Å². The third kappa shape index (κ3) is 2.40. The van der Waals surface area contributed by atoms with Gasteiger partial charge in [0.1, 0.15) is 5.54 Å². The summed E-state index contributed by atoms with van der Waals surface area (Å²) in [6.45, 7) is 5.83. The number of nitrogens with zero attached hydrogens (tertiary/aromatic N) is 3. The van der Waals surface area contributed by atoms with E-state index in [1.165, 1.54) is 4.90 Å². The third-order valence-electron chi connectivity index (χ3n) is 4.19. The average molecular weight is 288 g/mol. The summed E-state index contributed by atoms with van der Waals surface area (Å²) in [4.78, 5) is 32.2. The molecule has 1 aromatic rings. The van der Waals surface area contributed by atoms with Crippen molar-refractivity contribution in [1.29, 1.82) is 0 Å². The number of nitrogens with one attached hydrogen (secondary N) is 1. The lowest BCUT2D eigenvalue weighted by Crippen LogP contribution is -2.49. The molecule has 21 heavy (non-hydrogen) atoms. The minimum atomic E-state index is -0.733. The van der Waals surface area contributed by atoms with Gasteiger partial charge in [0.15, 0.2) is 0 Å². The summed E-state index contributed by atoms with van der Waals surface area (Å²) in [5.74, 6) is -0.0869. The molecule has 0 aromatic carbocycles. The van der Waals surface area contributed by atoms with Crippen LogP contribution in [-0.4, -0.2) is 51.4 Å². The van der Waals surface area contributed by atoms with Gasteiger partial charge < -0.3 is 5.32 Å². The molecule has 1 N–H and O–H groups in total. The van der Waals surface area contributed by atoms with E-state index in [0.717, 1.165) is 18.7 Å². The number of rotatable bonds is 3. The van der Waals surface area contributed by atoms with Crippen molar-refractivity contribution in [3.05, 3.63) is 30.1 Å². The van der Waals surface area contributed by atoms with E-state index in [-0.39, 0.29) is 18.0 Å². The summed E-state index contributed by atoms with van der Waals surface area (Å²) in [6, 6.07) is 3.56. The van der Waals surface area contributed by atoms with Gasteiger partial charge >= 0.3 is 6.03 Å². The van der Waals surface area contributed by atoms with Gasteiger partial charge in [-0.2, -0.15) is 0 Å². The Hall–Kier alpha value is -1.95. The maximum atomic E-state index is 12.6.